The van der Waals surface area contributed by atoms with Crippen LogP contribution in [-0.4, -0.2) is 45.4 Å². The molecular formula is C43H48NO10S-. The molecule has 0 amide bonds. The summed E-state index contributed by atoms with van der Waals surface area (Å²) in [6.45, 7) is 10.7. The fourth-order valence-corrected chi connectivity index (χ4v) is 6.27. The SMILES string of the molecule is CC(C)=CCc1c(OCCCOc2ccc(C)cc2)cc2oc3cc(OCCCOc4ccc(NS(=O)[O-])cc4)c(CO)c(CC=C(C)C)c3c(=O)c2c1O. The zero-order valence-electron chi connectivity index (χ0n) is 31.9. The number of hydrogen-bond donors (Lipinski definition) is 3. The van der Waals surface area contributed by atoms with Gasteiger partial charge in [0.2, 0.25) is 5.43 Å². The molecule has 0 bridgehead atoms. The Kier molecular flexibility index (Phi) is 14.4. The maximum Gasteiger partial charge on any atom is 0.204 e. The Morgan fingerprint density at radius 3 is 1.76 bits per heavy atom. The van der Waals surface area contributed by atoms with E-state index in [2.05, 4.69) is 4.72 Å². The van der Waals surface area contributed by atoms with Crippen LogP contribution in [0.3, 0.4) is 0 Å². The number of rotatable bonds is 19. The summed E-state index contributed by atoms with van der Waals surface area (Å²) in [4.78, 5) is 14.4. The molecule has 1 heterocycles. The van der Waals surface area contributed by atoms with Crippen LogP contribution < -0.4 is 29.1 Å². The van der Waals surface area contributed by atoms with E-state index in [0.717, 1.165) is 22.5 Å². The van der Waals surface area contributed by atoms with Gasteiger partial charge in [-0.2, -0.15) is 0 Å². The summed E-state index contributed by atoms with van der Waals surface area (Å²) in [6, 6.07) is 17.6. The van der Waals surface area contributed by atoms with Crippen molar-refractivity contribution in [3.8, 4) is 28.7 Å². The predicted molar refractivity (Wildman–Crippen MR) is 215 cm³/mol. The fraction of sp³-hybridized carbons (Fsp3) is 0.326. The third kappa shape index (κ3) is 10.9. The van der Waals surface area contributed by atoms with Gasteiger partial charge >= 0.3 is 0 Å². The lowest BCUT2D eigenvalue weighted by Crippen LogP contribution is -2.12. The lowest BCUT2D eigenvalue weighted by Gasteiger charge is -2.18. The van der Waals surface area contributed by atoms with E-state index >= 15 is 0 Å². The Morgan fingerprint density at radius 1 is 0.745 bits per heavy atom. The predicted octanol–water partition coefficient (Wildman–Crippen LogP) is 8.37. The number of benzene rings is 4. The first kappa shape index (κ1) is 40.9. The third-order valence-electron chi connectivity index (χ3n) is 8.77. The Bertz CT molecular complexity index is 2230. The first-order valence-electron chi connectivity index (χ1n) is 18.2. The van der Waals surface area contributed by atoms with Crippen molar-refractivity contribution < 1.29 is 42.3 Å². The van der Waals surface area contributed by atoms with E-state index < -0.39 is 23.3 Å². The van der Waals surface area contributed by atoms with Crippen LogP contribution in [0.2, 0.25) is 0 Å². The zero-order chi connectivity index (χ0) is 39.5. The maximum absolute atomic E-state index is 14.4. The third-order valence-corrected chi connectivity index (χ3v) is 9.17. The largest absolute Gasteiger partial charge is 0.755 e. The van der Waals surface area contributed by atoms with Crippen LogP contribution in [0.4, 0.5) is 5.69 Å². The lowest BCUT2D eigenvalue weighted by atomic mass is 9.95. The van der Waals surface area contributed by atoms with Gasteiger partial charge in [-0.25, -0.2) is 0 Å². The van der Waals surface area contributed by atoms with Crippen LogP contribution in [0.1, 0.15) is 62.8 Å². The van der Waals surface area contributed by atoms with E-state index in [0.29, 0.717) is 85.1 Å². The van der Waals surface area contributed by atoms with E-state index in [4.69, 9.17) is 23.4 Å². The van der Waals surface area contributed by atoms with Gasteiger partial charge in [0.1, 0.15) is 45.3 Å². The quantitative estimate of drug-likeness (QED) is 0.0322. The van der Waals surface area contributed by atoms with E-state index in [1.54, 1.807) is 36.4 Å². The van der Waals surface area contributed by atoms with Crippen molar-refractivity contribution in [3.63, 3.8) is 0 Å². The number of nitrogens with one attached hydrogen (secondary N) is 1. The summed E-state index contributed by atoms with van der Waals surface area (Å²) >= 11 is -2.41. The Labute approximate surface area is 323 Å². The van der Waals surface area contributed by atoms with Gasteiger partial charge in [0.05, 0.1) is 38.4 Å². The molecule has 3 N–H and O–H groups in total. The van der Waals surface area contributed by atoms with Crippen molar-refractivity contribution >= 4 is 38.9 Å². The van der Waals surface area contributed by atoms with Crippen LogP contribution in [0.5, 0.6) is 28.7 Å². The number of phenols is 1. The molecule has 11 nitrogen and oxygen atoms in total. The van der Waals surface area contributed by atoms with Gasteiger partial charge in [-0.1, -0.05) is 41.0 Å². The second kappa shape index (κ2) is 19.3. The Morgan fingerprint density at radius 2 is 1.24 bits per heavy atom. The highest BCUT2D eigenvalue weighted by atomic mass is 32.2. The lowest BCUT2D eigenvalue weighted by molar-refractivity contribution is 0.236. The molecule has 0 saturated carbocycles. The number of allylic oxidation sites excluding steroid dienone is 4. The molecule has 0 aliphatic rings. The molecule has 0 spiro atoms. The normalized spacial score (nSPS) is 11.6. The van der Waals surface area contributed by atoms with Gasteiger partial charge in [-0.3, -0.25) is 9.00 Å². The smallest absolute Gasteiger partial charge is 0.204 e. The average Bonchev–Trinajstić information content (AvgIpc) is 3.14. The summed E-state index contributed by atoms with van der Waals surface area (Å²) in [5, 5.41) is 22.6. The van der Waals surface area contributed by atoms with Crippen molar-refractivity contribution in [1.82, 2.24) is 0 Å². The minimum atomic E-state index is -2.41. The van der Waals surface area contributed by atoms with Crippen LogP contribution in [0.15, 0.2) is 93.2 Å². The molecule has 0 fully saturated rings. The average molecular weight is 771 g/mol. The summed E-state index contributed by atoms with van der Waals surface area (Å²) in [7, 11) is 0. The molecule has 1 atom stereocenters. The number of anilines is 1. The highest BCUT2D eigenvalue weighted by Gasteiger charge is 2.24. The van der Waals surface area contributed by atoms with Gasteiger partial charge in [-0.15, -0.1) is 0 Å². The molecule has 55 heavy (non-hydrogen) atoms. The minimum Gasteiger partial charge on any atom is -0.755 e. The van der Waals surface area contributed by atoms with Crippen LogP contribution >= 0.6 is 0 Å². The van der Waals surface area contributed by atoms with Crippen molar-refractivity contribution in [3.05, 3.63) is 116 Å². The second-order valence-electron chi connectivity index (χ2n) is 13.6. The van der Waals surface area contributed by atoms with Gasteiger partial charge < -0.3 is 42.9 Å². The van der Waals surface area contributed by atoms with E-state index in [1.165, 1.54) is 0 Å². The van der Waals surface area contributed by atoms with E-state index in [-0.39, 0.29) is 34.3 Å². The first-order chi connectivity index (χ1) is 26.4. The number of hydrogen-bond acceptors (Lipinski definition) is 10. The molecule has 0 aliphatic carbocycles. The van der Waals surface area contributed by atoms with Gasteiger partial charge in [-0.05, 0) is 89.4 Å². The number of aryl methyl sites for hydroxylation is 1. The number of ether oxygens (including phenoxy) is 4. The fourth-order valence-electron chi connectivity index (χ4n) is 5.94. The standard InChI is InChI=1S/C43H49NO10S/c1-27(2)8-18-33-35(26-45)37(53-23-7-21-51-32-16-12-30(13-17-32)44-55(48)49)25-38-40(33)43(47)41-39(54-38)24-36(34(42(41)46)19-9-28(3)4)52-22-6-20-50-31-14-10-29(5)11-15-31/h8-17,24-25,44-46H,6-7,18-23,26H2,1-5H3,(H,48,49)/p-1. The van der Waals surface area contributed by atoms with Crippen molar-refractivity contribution in [2.75, 3.05) is 31.1 Å². The topological polar surface area (TPSA) is 160 Å². The highest BCUT2D eigenvalue weighted by molar-refractivity contribution is 7.80. The van der Waals surface area contributed by atoms with Gasteiger partial charge in [0.15, 0.2) is 0 Å². The first-order valence-corrected chi connectivity index (χ1v) is 19.2. The molecule has 1 unspecified atom stereocenters. The van der Waals surface area contributed by atoms with Crippen LogP contribution in [0.25, 0.3) is 21.9 Å². The summed E-state index contributed by atoms with van der Waals surface area (Å²) in [6.07, 6.45) is 5.65. The van der Waals surface area contributed by atoms with E-state index in [1.807, 2.05) is 71.0 Å². The van der Waals surface area contributed by atoms with Gasteiger partial charge in [0, 0.05) is 53.1 Å². The Hall–Kier alpha value is -5.30. The maximum atomic E-state index is 14.4. The van der Waals surface area contributed by atoms with Crippen LogP contribution in [-0.2, 0) is 30.7 Å². The van der Waals surface area contributed by atoms with Crippen LogP contribution in [0, 0.1) is 6.92 Å². The molecule has 0 saturated heterocycles. The van der Waals surface area contributed by atoms with Crippen molar-refractivity contribution in [1.29, 1.82) is 0 Å². The minimum absolute atomic E-state index is 0.0398. The zero-order valence-corrected chi connectivity index (χ0v) is 32.7. The number of aromatic hydroxyl groups is 1. The molecular weight excluding hydrogens is 723 g/mol. The van der Waals surface area contributed by atoms with Crippen molar-refractivity contribution in [2.24, 2.45) is 0 Å². The number of aliphatic hydroxyl groups is 1. The molecule has 5 aromatic rings. The molecule has 0 aliphatic heterocycles. The van der Waals surface area contributed by atoms with Crippen molar-refractivity contribution in [2.45, 2.75) is 66.9 Å². The van der Waals surface area contributed by atoms with Gasteiger partial charge in [0.25, 0.3) is 0 Å². The number of fused-ring (bicyclic) bond motifs is 2. The molecule has 12 heteroatoms. The molecule has 4 aromatic carbocycles. The molecule has 292 valence electrons. The summed E-state index contributed by atoms with van der Waals surface area (Å²) in [5.41, 5.74) is 5.10. The molecule has 0 radical (unpaired) electrons. The monoisotopic (exact) mass is 770 g/mol. The Balaban J connectivity index is 1.44. The summed E-state index contributed by atoms with van der Waals surface area (Å²) < 4.78 is 54.4. The highest BCUT2D eigenvalue weighted by Crippen LogP contribution is 2.39. The second-order valence-corrected chi connectivity index (χ2v) is 14.3. The number of phenolic OH excluding ortho intramolecular Hbond substituents is 1. The van der Waals surface area contributed by atoms with E-state index in [9.17, 15) is 23.8 Å². The number of aliphatic hydroxyl groups excluding tert-OH is 1. The molecule has 5 rings (SSSR count). The molecule has 1 aromatic heterocycles. The summed E-state index contributed by atoms with van der Waals surface area (Å²) in [5.74, 6) is 1.90.